The molecule has 1 rings (SSSR count). The summed E-state index contributed by atoms with van der Waals surface area (Å²) in [5.74, 6) is 0. The highest BCUT2D eigenvalue weighted by Crippen LogP contribution is 2.26. The maximum atomic E-state index is 2.29. The van der Waals surface area contributed by atoms with Gasteiger partial charge in [-0.05, 0) is 74.4 Å². The highest BCUT2D eigenvalue weighted by molar-refractivity contribution is 6.33. The van der Waals surface area contributed by atoms with Gasteiger partial charge in [0.05, 0.1) is 0 Å². The molecule has 82 valence electrons. The van der Waals surface area contributed by atoms with Gasteiger partial charge in [-0.2, -0.15) is 0 Å². The van der Waals surface area contributed by atoms with E-state index in [0.717, 1.165) is 9.52 Å². The average molecular weight is 218 g/mol. The molecule has 0 nitrogen and oxygen atoms in total. The van der Waals surface area contributed by atoms with E-state index in [9.17, 15) is 0 Å². The van der Waals surface area contributed by atoms with Gasteiger partial charge in [-0.15, -0.1) is 0 Å². The minimum Gasteiger partial charge on any atom is -0.0733 e. The summed E-state index contributed by atoms with van der Waals surface area (Å²) in [6, 6.07) is 1.34. The van der Waals surface area contributed by atoms with E-state index in [-0.39, 0.29) is 0 Å². The van der Waals surface area contributed by atoms with Gasteiger partial charge in [0.2, 0.25) is 0 Å². The van der Waals surface area contributed by atoms with Crippen LogP contribution >= 0.6 is 0 Å². The van der Waals surface area contributed by atoms with Crippen molar-refractivity contribution < 1.29 is 0 Å². The molecular weight excluding hydrogens is 196 g/mol. The Morgan fingerprint density at radius 3 is 1.53 bits per heavy atom. The van der Waals surface area contributed by atoms with Crippen LogP contribution in [-0.4, -0.2) is 9.52 Å². The lowest BCUT2D eigenvalue weighted by molar-refractivity contribution is 1.03. The van der Waals surface area contributed by atoms with E-state index >= 15 is 0 Å². The lowest BCUT2D eigenvalue weighted by Gasteiger charge is -2.18. The Kier molecular flexibility index (Phi) is 4.15. The Balaban J connectivity index is 3.26. The molecule has 0 aliphatic carbocycles. The Bertz CT molecular complexity index is 335. The van der Waals surface area contributed by atoms with Crippen molar-refractivity contribution in [3.05, 3.63) is 33.4 Å². The van der Waals surface area contributed by atoms with Crippen LogP contribution in [0.25, 0.3) is 0 Å². The summed E-state index contributed by atoms with van der Waals surface area (Å²) < 4.78 is 0. The van der Waals surface area contributed by atoms with Gasteiger partial charge in [0.25, 0.3) is 0 Å². The van der Waals surface area contributed by atoms with E-state index in [4.69, 9.17) is 0 Å². The Morgan fingerprint density at radius 1 is 0.733 bits per heavy atom. The first kappa shape index (κ1) is 12.5. The molecule has 15 heavy (non-hydrogen) atoms. The van der Waals surface area contributed by atoms with E-state index in [0.29, 0.717) is 0 Å². The lowest BCUT2D eigenvalue weighted by Crippen LogP contribution is -2.03. The molecule has 0 unspecified atom stereocenters. The van der Waals surface area contributed by atoms with Crippen LogP contribution in [0.5, 0.6) is 0 Å². The largest absolute Gasteiger partial charge is 0.0733 e. The molecule has 0 aliphatic rings. The van der Waals surface area contributed by atoms with E-state index in [1.54, 1.807) is 5.56 Å². The van der Waals surface area contributed by atoms with Crippen LogP contribution in [0.2, 0.25) is 12.6 Å². The fourth-order valence-electron chi connectivity index (χ4n) is 2.20. The predicted molar refractivity (Wildman–Crippen MR) is 70.3 cm³/mol. The zero-order valence-corrected chi connectivity index (χ0v) is 11.9. The monoisotopic (exact) mass is 218 g/mol. The summed E-state index contributed by atoms with van der Waals surface area (Å²) in [5, 5.41) is 0. The first-order chi connectivity index (χ1) is 7.00. The lowest BCUT2D eigenvalue weighted by atomic mass is 9.88. The highest BCUT2D eigenvalue weighted by atomic mass is 28.2. The molecule has 0 saturated carbocycles. The van der Waals surface area contributed by atoms with Gasteiger partial charge >= 0.3 is 0 Å². The van der Waals surface area contributed by atoms with Crippen molar-refractivity contribution in [2.45, 2.75) is 53.6 Å². The first-order valence-corrected chi connectivity index (χ1v) is 7.41. The van der Waals surface area contributed by atoms with Gasteiger partial charge in [0, 0.05) is 9.52 Å². The van der Waals surface area contributed by atoms with Crippen molar-refractivity contribution in [2.24, 2.45) is 0 Å². The summed E-state index contributed by atoms with van der Waals surface area (Å²) in [6.45, 7) is 13.6. The van der Waals surface area contributed by atoms with Crippen LogP contribution in [0.1, 0.15) is 33.4 Å². The SMILES string of the molecule is C[Si]CCc1c(C)c(C)c(C)c(C)c1C. The Morgan fingerprint density at radius 2 is 1.13 bits per heavy atom. The molecular formula is C14H22Si. The molecule has 0 saturated heterocycles. The molecule has 1 aromatic rings. The maximum absolute atomic E-state index is 2.29. The molecule has 2 radical (unpaired) electrons. The Labute approximate surface area is 96.9 Å². The third kappa shape index (κ3) is 2.33. The van der Waals surface area contributed by atoms with Gasteiger partial charge in [0.15, 0.2) is 0 Å². The third-order valence-electron chi connectivity index (χ3n) is 3.78. The van der Waals surface area contributed by atoms with Crippen LogP contribution in [0.4, 0.5) is 0 Å². The zero-order valence-electron chi connectivity index (χ0n) is 10.9. The van der Waals surface area contributed by atoms with Gasteiger partial charge in [-0.3, -0.25) is 0 Å². The van der Waals surface area contributed by atoms with Gasteiger partial charge in [-0.1, -0.05) is 12.6 Å². The maximum Gasteiger partial charge on any atom is 0.0346 e. The quantitative estimate of drug-likeness (QED) is 0.674. The fraction of sp³-hybridized carbons (Fsp3) is 0.571. The smallest absolute Gasteiger partial charge is 0.0346 e. The van der Waals surface area contributed by atoms with Crippen LogP contribution in [0, 0.1) is 34.6 Å². The van der Waals surface area contributed by atoms with Crippen molar-refractivity contribution in [2.75, 3.05) is 0 Å². The standard InChI is InChI=1S/C14H22Si/c1-9-10(2)12(4)14(7-8-15-6)13(5)11(9)3/h7-8H2,1-6H3. The summed E-state index contributed by atoms with van der Waals surface area (Å²) in [6.07, 6.45) is 1.26. The highest BCUT2D eigenvalue weighted by Gasteiger charge is 2.11. The zero-order chi connectivity index (χ0) is 11.6. The number of rotatable bonds is 3. The minimum absolute atomic E-state index is 1.07. The first-order valence-electron chi connectivity index (χ1n) is 5.71. The van der Waals surface area contributed by atoms with E-state index < -0.39 is 0 Å². The molecule has 0 fully saturated rings. The van der Waals surface area contributed by atoms with Gasteiger partial charge in [0.1, 0.15) is 0 Å². The van der Waals surface area contributed by atoms with Crippen LogP contribution < -0.4 is 0 Å². The van der Waals surface area contributed by atoms with Crippen LogP contribution in [0.3, 0.4) is 0 Å². The summed E-state index contributed by atoms with van der Waals surface area (Å²) in [4.78, 5) is 0. The van der Waals surface area contributed by atoms with Crippen molar-refractivity contribution in [3.8, 4) is 0 Å². The second kappa shape index (κ2) is 4.98. The van der Waals surface area contributed by atoms with Crippen molar-refractivity contribution in [3.63, 3.8) is 0 Å². The number of hydrogen-bond acceptors (Lipinski definition) is 0. The predicted octanol–water partition coefficient (Wildman–Crippen LogP) is 3.94. The second-order valence-electron chi connectivity index (χ2n) is 4.46. The molecule has 0 N–H and O–H groups in total. The normalized spacial score (nSPS) is 10.8. The van der Waals surface area contributed by atoms with E-state index in [1.807, 2.05) is 0 Å². The van der Waals surface area contributed by atoms with Crippen molar-refractivity contribution in [1.29, 1.82) is 0 Å². The molecule has 0 aliphatic heterocycles. The second-order valence-corrected chi connectivity index (χ2v) is 5.66. The molecule has 0 amide bonds. The van der Waals surface area contributed by atoms with E-state index in [2.05, 4.69) is 41.2 Å². The van der Waals surface area contributed by atoms with E-state index in [1.165, 1.54) is 40.3 Å². The third-order valence-corrected chi connectivity index (χ3v) is 4.53. The molecule has 1 heteroatoms. The number of hydrogen-bond donors (Lipinski definition) is 0. The summed E-state index contributed by atoms with van der Waals surface area (Å²) in [7, 11) is 1.07. The molecule has 1 aromatic carbocycles. The summed E-state index contributed by atoms with van der Waals surface area (Å²) >= 11 is 0. The molecule has 0 spiro atoms. The summed E-state index contributed by atoms with van der Waals surface area (Å²) in [5.41, 5.74) is 9.11. The van der Waals surface area contributed by atoms with Gasteiger partial charge in [-0.25, -0.2) is 0 Å². The average Bonchev–Trinajstić information content (AvgIpc) is 2.24. The fourth-order valence-corrected chi connectivity index (χ4v) is 2.70. The minimum atomic E-state index is 1.07. The molecule has 0 heterocycles. The topological polar surface area (TPSA) is 0 Å². The molecule has 0 atom stereocenters. The molecule has 0 bridgehead atoms. The Hall–Kier alpha value is -0.563. The van der Waals surface area contributed by atoms with Crippen LogP contribution in [-0.2, 0) is 6.42 Å². The number of benzene rings is 1. The van der Waals surface area contributed by atoms with Gasteiger partial charge < -0.3 is 0 Å². The molecule has 0 aromatic heterocycles. The van der Waals surface area contributed by atoms with Crippen molar-refractivity contribution in [1.82, 2.24) is 0 Å². The van der Waals surface area contributed by atoms with Crippen molar-refractivity contribution >= 4 is 9.52 Å². The van der Waals surface area contributed by atoms with Crippen LogP contribution in [0.15, 0.2) is 0 Å².